The van der Waals surface area contributed by atoms with E-state index in [2.05, 4.69) is 0 Å². The first-order chi connectivity index (χ1) is 13.8. The molecule has 1 atom stereocenters. The van der Waals surface area contributed by atoms with Gasteiger partial charge < -0.3 is 9.47 Å². The van der Waals surface area contributed by atoms with Gasteiger partial charge in [-0.2, -0.15) is 8.78 Å². The van der Waals surface area contributed by atoms with E-state index in [0.717, 1.165) is 24.0 Å². The highest BCUT2D eigenvalue weighted by Crippen LogP contribution is 2.33. The standard InChI is InChI=1S/C20H22F3NO4S/c21-17-6-3-14(4-7-17)9-11-28-19-12-15(16-2-1-10-27-13-16)5-8-18(19)24-29(25,26)20(22)23/h3-8,12,16,20,24H,1-2,9-11,13H2/t16-/m1/s1. The molecule has 1 saturated heterocycles. The van der Waals surface area contributed by atoms with Crippen molar-refractivity contribution in [2.75, 3.05) is 24.5 Å². The minimum absolute atomic E-state index is 0.0510. The van der Waals surface area contributed by atoms with Crippen molar-refractivity contribution < 1.29 is 31.1 Å². The zero-order valence-electron chi connectivity index (χ0n) is 15.6. The average Bonchev–Trinajstić information content (AvgIpc) is 2.71. The van der Waals surface area contributed by atoms with Gasteiger partial charge in [-0.1, -0.05) is 18.2 Å². The minimum Gasteiger partial charge on any atom is -0.491 e. The van der Waals surface area contributed by atoms with Gasteiger partial charge in [0, 0.05) is 18.9 Å². The van der Waals surface area contributed by atoms with Crippen LogP contribution < -0.4 is 9.46 Å². The minimum atomic E-state index is -4.82. The van der Waals surface area contributed by atoms with Crippen LogP contribution in [-0.4, -0.2) is 34.0 Å². The van der Waals surface area contributed by atoms with E-state index in [1.165, 1.54) is 18.2 Å². The lowest BCUT2D eigenvalue weighted by molar-refractivity contribution is 0.0804. The summed E-state index contributed by atoms with van der Waals surface area (Å²) in [6.45, 7) is 1.40. The molecule has 0 radical (unpaired) electrons. The van der Waals surface area contributed by atoms with Gasteiger partial charge in [0.25, 0.3) is 10.0 Å². The first-order valence-electron chi connectivity index (χ1n) is 9.24. The van der Waals surface area contributed by atoms with Crippen LogP contribution in [0.2, 0.25) is 0 Å². The summed E-state index contributed by atoms with van der Waals surface area (Å²) in [6.07, 6.45) is 2.26. The Balaban J connectivity index is 1.78. The highest BCUT2D eigenvalue weighted by Gasteiger charge is 2.26. The van der Waals surface area contributed by atoms with Crippen molar-refractivity contribution >= 4 is 15.7 Å². The summed E-state index contributed by atoms with van der Waals surface area (Å²) in [7, 11) is -4.82. The summed E-state index contributed by atoms with van der Waals surface area (Å²) in [5.74, 6) is -3.61. The molecule has 9 heteroatoms. The van der Waals surface area contributed by atoms with E-state index in [1.54, 1.807) is 24.3 Å². The molecule has 1 fully saturated rings. The lowest BCUT2D eigenvalue weighted by Crippen LogP contribution is -2.21. The first kappa shape index (κ1) is 21.4. The van der Waals surface area contributed by atoms with Crippen molar-refractivity contribution in [3.05, 3.63) is 59.4 Å². The predicted octanol–water partition coefficient (Wildman–Crippen LogP) is 4.31. The van der Waals surface area contributed by atoms with Gasteiger partial charge >= 0.3 is 5.76 Å². The summed E-state index contributed by atoms with van der Waals surface area (Å²) in [5.41, 5.74) is 1.67. The van der Waals surface area contributed by atoms with Gasteiger partial charge in [-0.25, -0.2) is 12.8 Å². The van der Waals surface area contributed by atoms with Crippen molar-refractivity contribution in [1.29, 1.82) is 0 Å². The summed E-state index contributed by atoms with van der Waals surface area (Å²) in [4.78, 5) is 0. The van der Waals surface area contributed by atoms with E-state index in [-0.39, 0.29) is 29.8 Å². The first-order valence-corrected chi connectivity index (χ1v) is 10.8. The van der Waals surface area contributed by atoms with Gasteiger partial charge in [0.2, 0.25) is 0 Å². The molecular weight excluding hydrogens is 407 g/mol. The number of halogens is 3. The normalized spacial score (nSPS) is 17.3. The Morgan fingerprint density at radius 2 is 1.93 bits per heavy atom. The van der Waals surface area contributed by atoms with Gasteiger partial charge in [-0.15, -0.1) is 0 Å². The van der Waals surface area contributed by atoms with Gasteiger partial charge in [0.15, 0.2) is 0 Å². The molecule has 1 aliphatic rings. The fraction of sp³-hybridized carbons (Fsp3) is 0.400. The summed E-state index contributed by atoms with van der Waals surface area (Å²) < 4.78 is 74.8. The van der Waals surface area contributed by atoms with Crippen molar-refractivity contribution in [2.45, 2.75) is 30.9 Å². The molecule has 2 aromatic carbocycles. The van der Waals surface area contributed by atoms with Crippen LogP contribution in [0.15, 0.2) is 42.5 Å². The molecule has 1 N–H and O–H groups in total. The molecule has 0 unspecified atom stereocenters. The van der Waals surface area contributed by atoms with E-state index in [9.17, 15) is 21.6 Å². The molecule has 2 aromatic rings. The third-order valence-electron chi connectivity index (χ3n) is 4.69. The Hall–Kier alpha value is -2.26. The number of hydrogen-bond acceptors (Lipinski definition) is 4. The number of nitrogens with one attached hydrogen (secondary N) is 1. The van der Waals surface area contributed by atoms with Crippen molar-refractivity contribution in [3.8, 4) is 5.75 Å². The maximum absolute atomic E-state index is 13.0. The second-order valence-electron chi connectivity index (χ2n) is 6.80. The van der Waals surface area contributed by atoms with E-state index in [0.29, 0.717) is 19.6 Å². The van der Waals surface area contributed by atoms with Crippen LogP contribution in [0.4, 0.5) is 18.9 Å². The molecule has 3 rings (SSSR count). The lowest BCUT2D eigenvalue weighted by Gasteiger charge is -2.23. The Bertz CT molecular complexity index is 914. The van der Waals surface area contributed by atoms with E-state index >= 15 is 0 Å². The Morgan fingerprint density at radius 1 is 1.17 bits per heavy atom. The molecule has 0 amide bonds. The number of benzene rings is 2. The smallest absolute Gasteiger partial charge is 0.355 e. The van der Waals surface area contributed by atoms with E-state index < -0.39 is 15.8 Å². The Kier molecular flexibility index (Phi) is 7.02. The van der Waals surface area contributed by atoms with Crippen LogP contribution in [0, 0.1) is 5.82 Å². The van der Waals surface area contributed by atoms with Crippen molar-refractivity contribution in [2.24, 2.45) is 0 Å². The lowest BCUT2D eigenvalue weighted by atomic mass is 9.93. The monoisotopic (exact) mass is 429 g/mol. The van der Waals surface area contributed by atoms with Crippen LogP contribution in [0.5, 0.6) is 5.75 Å². The van der Waals surface area contributed by atoms with Gasteiger partial charge in [-0.05, 0) is 48.2 Å². The fourth-order valence-corrected chi connectivity index (χ4v) is 3.69. The van der Waals surface area contributed by atoms with Gasteiger partial charge in [-0.3, -0.25) is 4.72 Å². The zero-order chi connectivity index (χ0) is 20.9. The van der Waals surface area contributed by atoms with Crippen LogP contribution in [0.25, 0.3) is 0 Å². The molecule has 0 aliphatic carbocycles. The summed E-state index contributed by atoms with van der Waals surface area (Å²) >= 11 is 0. The van der Waals surface area contributed by atoms with Crippen LogP contribution >= 0.6 is 0 Å². The van der Waals surface area contributed by atoms with Crippen LogP contribution in [0.1, 0.15) is 29.9 Å². The molecule has 0 spiro atoms. The highest BCUT2D eigenvalue weighted by molar-refractivity contribution is 7.93. The average molecular weight is 429 g/mol. The number of rotatable bonds is 8. The van der Waals surface area contributed by atoms with E-state index in [4.69, 9.17) is 9.47 Å². The molecule has 1 heterocycles. The summed E-state index contributed by atoms with van der Waals surface area (Å²) in [6, 6.07) is 10.7. The Labute approximate surface area is 167 Å². The van der Waals surface area contributed by atoms with Crippen LogP contribution in [-0.2, 0) is 21.2 Å². The number of sulfonamides is 1. The molecule has 0 bridgehead atoms. The molecule has 29 heavy (non-hydrogen) atoms. The number of anilines is 1. The van der Waals surface area contributed by atoms with Gasteiger partial charge in [0.05, 0.1) is 18.9 Å². The van der Waals surface area contributed by atoms with Gasteiger partial charge in [0.1, 0.15) is 11.6 Å². The van der Waals surface area contributed by atoms with Crippen molar-refractivity contribution in [1.82, 2.24) is 0 Å². The SMILES string of the molecule is O=S(=O)(Nc1ccc([C@@H]2CCCOC2)cc1OCCc1ccc(F)cc1)C(F)F. The fourth-order valence-electron chi connectivity index (χ4n) is 3.13. The molecule has 158 valence electrons. The summed E-state index contributed by atoms with van der Waals surface area (Å²) in [5, 5.41) is 0. The number of alkyl halides is 2. The second kappa shape index (κ2) is 9.49. The molecular formula is C20H22F3NO4S. The predicted molar refractivity (Wildman–Crippen MR) is 103 cm³/mol. The zero-order valence-corrected chi connectivity index (χ0v) is 16.4. The maximum Gasteiger partial charge on any atom is 0.355 e. The second-order valence-corrected chi connectivity index (χ2v) is 8.45. The Morgan fingerprint density at radius 3 is 2.59 bits per heavy atom. The highest BCUT2D eigenvalue weighted by atomic mass is 32.2. The molecule has 1 aliphatic heterocycles. The largest absolute Gasteiger partial charge is 0.491 e. The molecule has 5 nitrogen and oxygen atoms in total. The van der Waals surface area contributed by atoms with Crippen LogP contribution in [0.3, 0.4) is 0 Å². The van der Waals surface area contributed by atoms with Crippen molar-refractivity contribution in [3.63, 3.8) is 0 Å². The third-order valence-corrected chi connectivity index (χ3v) is 5.66. The maximum atomic E-state index is 13.0. The number of hydrogen-bond donors (Lipinski definition) is 1. The molecule has 0 saturated carbocycles. The quantitative estimate of drug-likeness (QED) is 0.679. The van der Waals surface area contributed by atoms with E-state index in [1.807, 2.05) is 4.72 Å². The number of ether oxygens (including phenoxy) is 2. The third kappa shape index (κ3) is 5.86. The molecule has 0 aromatic heterocycles. The topological polar surface area (TPSA) is 64.6 Å².